The van der Waals surface area contributed by atoms with E-state index in [9.17, 15) is 0 Å². The van der Waals surface area contributed by atoms with Crippen LogP contribution in [0.1, 0.15) is 0 Å². The van der Waals surface area contributed by atoms with Crippen LogP contribution >= 0.6 is 0 Å². The summed E-state index contributed by atoms with van der Waals surface area (Å²) in [5.41, 5.74) is 8.19. The molecule has 2 heterocycles. The molecule has 3 nitrogen and oxygen atoms in total. The van der Waals surface area contributed by atoms with E-state index in [2.05, 4.69) is 83.4 Å². The molecule has 0 saturated heterocycles. The van der Waals surface area contributed by atoms with E-state index < -0.39 is 0 Å². The van der Waals surface area contributed by atoms with Crippen molar-refractivity contribution in [3.8, 4) is 39.5 Å². The zero-order chi connectivity index (χ0) is 28.0. The van der Waals surface area contributed by atoms with Crippen molar-refractivity contribution >= 4 is 32.7 Å². The average Bonchev–Trinajstić information content (AvgIpc) is 3.39. The minimum Gasteiger partial charge on any atom is -0.309 e. The van der Waals surface area contributed by atoms with Gasteiger partial charge in [-0.15, -0.1) is 0 Å². The summed E-state index contributed by atoms with van der Waals surface area (Å²) in [6, 6.07) is 48.4. The first-order chi connectivity index (χ1) is 20.7. The minimum atomic E-state index is -0.310. The molecular formula is C38H24FN3. The molecule has 2 aromatic heterocycles. The molecule has 0 fully saturated rings. The van der Waals surface area contributed by atoms with E-state index in [0.29, 0.717) is 17.1 Å². The summed E-state index contributed by atoms with van der Waals surface area (Å²) in [6.07, 6.45) is 0. The number of nitrogens with zero attached hydrogens (tertiary/aromatic N) is 3. The monoisotopic (exact) mass is 541 g/mol. The van der Waals surface area contributed by atoms with Gasteiger partial charge in [0.2, 0.25) is 0 Å². The second-order valence-corrected chi connectivity index (χ2v) is 10.4. The lowest BCUT2D eigenvalue weighted by Gasteiger charge is -2.12. The van der Waals surface area contributed by atoms with Crippen molar-refractivity contribution in [2.75, 3.05) is 0 Å². The molecular weight excluding hydrogens is 517 g/mol. The Kier molecular flexibility index (Phi) is 5.64. The van der Waals surface area contributed by atoms with Gasteiger partial charge in [-0.05, 0) is 59.7 Å². The van der Waals surface area contributed by atoms with Gasteiger partial charge in [0, 0.05) is 33.0 Å². The van der Waals surface area contributed by atoms with Crippen molar-refractivity contribution in [2.45, 2.75) is 0 Å². The Morgan fingerprint density at radius 1 is 0.476 bits per heavy atom. The number of rotatable bonds is 4. The first-order valence-electron chi connectivity index (χ1n) is 14.0. The molecule has 0 N–H and O–H groups in total. The maximum Gasteiger partial charge on any atom is 0.160 e. The highest BCUT2D eigenvalue weighted by Gasteiger charge is 2.17. The quantitative estimate of drug-likeness (QED) is 0.222. The second-order valence-electron chi connectivity index (χ2n) is 10.4. The van der Waals surface area contributed by atoms with Gasteiger partial charge in [-0.1, -0.05) is 97.1 Å². The highest BCUT2D eigenvalue weighted by atomic mass is 19.1. The molecule has 0 aliphatic rings. The van der Waals surface area contributed by atoms with Gasteiger partial charge in [-0.3, -0.25) is 0 Å². The van der Waals surface area contributed by atoms with Crippen molar-refractivity contribution in [2.24, 2.45) is 0 Å². The van der Waals surface area contributed by atoms with Gasteiger partial charge < -0.3 is 4.57 Å². The van der Waals surface area contributed by atoms with Gasteiger partial charge >= 0.3 is 0 Å². The molecule has 8 aromatic rings. The lowest BCUT2D eigenvalue weighted by atomic mass is 9.98. The van der Waals surface area contributed by atoms with Crippen LogP contribution in [0.15, 0.2) is 146 Å². The molecule has 42 heavy (non-hydrogen) atoms. The molecule has 0 spiro atoms. The predicted molar refractivity (Wildman–Crippen MR) is 170 cm³/mol. The zero-order valence-electron chi connectivity index (χ0n) is 22.6. The van der Waals surface area contributed by atoms with Crippen LogP contribution < -0.4 is 0 Å². The molecule has 0 bridgehead atoms. The van der Waals surface area contributed by atoms with E-state index in [0.717, 1.165) is 44.3 Å². The van der Waals surface area contributed by atoms with Gasteiger partial charge in [0.1, 0.15) is 5.82 Å². The van der Waals surface area contributed by atoms with Crippen LogP contribution in [0.3, 0.4) is 0 Å². The van der Waals surface area contributed by atoms with Crippen molar-refractivity contribution in [1.82, 2.24) is 14.5 Å². The Bertz CT molecular complexity index is 2250. The number of para-hydroxylation sites is 2. The number of hydrogen-bond donors (Lipinski definition) is 0. The molecule has 0 saturated carbocycles. The van der Waals surface area contributed by atoms with E-state index in [1.165, 1.54) is 16.8 Å². The van der Waals surface area contributed by atoms with Crippen molar-refractivity contribution in [3.05, 3.63) is 151 Å². The highest BCUT2D eigenvalue weighted by molar-refractivity contribution is 6.10. The zero-order valence-corrected chi connectivity index (χ0v) is 22.6. The smallest absolute Gasteiger partial charge is 0.160 e. The Morgan fingerprint density at radius 2 is 1.14 bits per heavy atom. The second kappa shape index (κ2) is 9.79. The lowest BCUT2D eigenvalue weighted by molar-refractivity contribution is 0.631. The summed E-state index contributed by atoms with van der Waals surface area (Å²) in [6.45, 7) is 0. The Balaban J connectivity index is 1.36. The predicted octanol–water partition coefficient (Wildman–Crippen LogP) is 9.87. The number of benzene rings is 6. The van der Waals surface area contributed by atoms with Crippen molar-refractivity contribution in [3.63, 3.8) is 0 Å². The molecule has 198 valence electrons. The standard InChI is InChI=1S/C38H24FN3/c39-33-17-9-7-16-31(33)37-32-23-26(20-22-34(32)40-38(41-37)25-11-3-1-4-12-25)27-19-21-30-29-15-8-10-18-35(29)42(36(30)24-27)28-13-5-2-6-14-28/h1-24H. The summed E-state index contributed by atoms with van der Waals surface area (Å²) in [4.78, 5) is 9.81. The number of aromatic nitrogens is 3. The first-order valence-corrected chi connectivity index (χ1v) is 14.0. The third-order valence-corrected chi connectivity index (χ3v) is 7.88. The van der Waals surface area contributed by atoms with Gasteiger partial charge in [0.15, 0.2) is 5.82 Å². The topological polar surface area (TPSA) is 30.7 Å². The van der Waals surface area contributed by atoms with E-state index >= 15 is 4.39 Å². The first kappa shape index (κ1) is 24.2. The fourth-order valence-corrected chi connectivity index (χ4v) is 5.89. The number of fused-ring (bicyclic) bond motifs is 4. The van der Waals surface area contributed by atoms with E-state index in [1.54, 1.807) is 12.1 Å². The third kappa shape index (κ3) is 3.96. The summed E-state index contributed by atoms with van der Waals surface area (Å²) < 4.78 is 17.5. The van der Waals surface area contributed by atoms with Crippen molar-refractivity contribution in [1.29, 1.82) is 0 Å². The Hall–Kier alpha value is -5.61. The van der Waals surface area contributed by atoms with Crippen LogP contribution in [0.4, 0.5) is 4.39 Å². The molecule has 0 aliphatic carbocycles. The van der Waals surface area contributed by atoms with Gasteiger partial charge in [0.25, 0.3) is 0 Å². The lowest BCUT2D eigenvalue weighted by Crippen LogP contribution is -1.97. The van der Waals surface area contributed by atoms with Crippen LogP contribution in [-0.4, -0.2) is 14.5 Å². The summed E-state index contributed by atoms with van der Waals surface area (Å²) in [5.74, 6) is 0.263. The molecule has 0 radical (unpaired) electrons. The van der Waals surface area contributed by atoms with Gasteiger partial charge in [-0.25, -0.2) is 14.4 Å². The van der Waals surface area contributed by atoms with Gasteiger partial charge in [-0.2, -0.15) is 0 Å². The fraction of sp³-hybridized carbons (Fsp3) is 0. The largest absolute Gasteiger partial charge is 0.309 e. The summed E-state index contributed by atoms with van der Waals surface area (Å²) in [5, 5.41) is 3.22. The maximum atomic E-state index is 15.2. The Morgan fingerprint density at radius 3 is 1.98 bits per heavy atom. The molecule has 0 unspecified atom stereocenters. The molecule has 6 aromatic carbocycles. The molecule has 0 aliphatic heterocycles. The maximum absolute atomic E-state index is 15.2. The van der Waals surface area contributed by atoms with E-state index in [4.69, 9.17) is 9.97 Å². The summed E-state index contributed by atoms with van der Waals surface area (Å²) in [7, 11) is 0. The van der Waals surface area contributed by atoms with Crippen LogP contribution in [0.25, 0.3) is 72.2 Å². The molecule has 0 amide bonds. The minimum absolute atomic E-state index is 0.310. The number of hydrogen-bond acceptors (Lipinski definition) is 2. The van der Waals surface area contributed by atoms with Crippen LogP contribution in [0, 0.1) is 5.82 Å². The molecule has 4 heteroatoms. The SMILES string of the molecule is Fc1ccccc1-c1nc(-c2ccccc2)nc2ccc(-c3ccc4c5ccccc5n(-c5ccccc5)c4c3)cc12. The van der Waals surface area contributed by atoms with E-state index in [-0.39, 0.29) is 5.82 Å². The summed E-state index contributed by atoms with van der Waals surface area (Å²) >= 11 is 0. The Labute approximate surface area is 242 Å². The van der Waals surface area contributed by atoms with Crippen molar-refractivity contribution < 1.29 is 4.39 Å². The van der Waals surface area contributed by atoms with Crippen LogP contribution in [0.2, 0.25) is 0 Å². The van der Waals surface area contributed by atoms with Gasteiger partial charge in [0.05, 0.1) is 22.2 Å². The normalized spacial score (nSPS) is 11.5. The molecule has 8 rings (SSSR count). The van der Waals surface area contributed by atoms with E-state index in [1.807, 2.05) is 48.5 Å². The van der Waals surface area contributed by atoms with Crippen LogP contribution in [0.5, 0.6) is 0 Å². The average molecular weight is 542 g/mol. The fourth-order valence-electron chi connectivity index (χ4n) is 5.89. The van der Waals surface area contributed by atoms with Crippen LogP contribution in [-0.2, 0) is 0 Å². The number of halogens is 1. The highest BCUT2D eigenvalue weighted by Crippen LogP contribution is 2.37. The molecule has 0 atom stereocenters. The third-order valence-electron chi connectivity index (χ3n) is 7.88.